The van der Waals surface area contributed by atoms with Gasteiger partial charge in [-0.2, -0.15) is 15.4 Å². The lowest BCUT2D eigenvalue weighted by molar-refractivity contribution is -0.149. The number of ketones is 1. The topological polar surface area (TPSA) is 116 Å². The Bertz CT molecular complexity index is 1270. The lowest BCUT2D eigenvalue weighted by Crippen LogP contribution is -2.38. The molecule has 2 N–H and O–H groups in total. The van der Waals surface area contributed by atoms with Gasteiger partial charge in [-0.15, -0.1) is 0 Å². The van der Waals surface area contributed by atoms with Gasteiger partial charge < -0.3 is 10.0 Å². The SMILES string of the molecule is CC(=O)N1CCC(C[C@H](CC(=O)c2cn[nH]n2)Cc2ccc(-c3cc(Cl)ccc3F)cc2)(C(=O)O)C1. The van der Waals surface area contributed by atoms with E-state index in [1.807, 2.05) is 12.1 Å². The molecule has 3 aromatic rings. The monoisotopic (exact) mass is 512 g/mol. The van der Waals surface area contributed by atoms with Crippen molar-refractivity contribution in [3.8, 4) is 11.1 Å². The Morgan fingerprint density at radius 2 is 1.97 bits per heavy atom. The number of amides is 1. The van der Waals surface area contributed by atoms with Crippen molar-refractivity contribution < 1.29 is 23.9 Å². The zero-order valence-corrected chi connectivity index (χ0v) is 20.5. The first-order valence-corrected chi connectivity index (χ1v) is 12.0. The fourth-order valence-electron chi connectivity index (χ4n) is 4.91. The van der Waals surface area contributed by atoms with E-state index in [9.17, 15) is 23.9 Å². The van der Waals surface area contributed by atoms with Crippen molar-refractivity contribution >= 4 is 29.3 Å². The second kappa shape index (κ2) is 10.6. The molecule has 1 aliphatic heterocycles. The molecule has 1 saturated heterocycles. The predicted octanol–water partition coefficient (Wildman–Crippen LogP) is 4.41. The smallest absolute Gasteiger partial charge is 0.311 e. The van der Waals surface area contributed by atoms with Crippen LogP contribution in [-0.2, 0) is 16.0 Å². The van der Waals surface area contributed by atoms with E-state index in [-0.39, 0.29) is 48.5 Å². The number of carboxylic acids is 1. The summed E-state index contributed by atoms with van der Waals surface area (Å²) in [6, 6.07) is 11.6. The molecule has 1 amide bonds. The van der Waals surface area contributed by atoms with Gasteiger partial charge in [0.05, 0.1) is 11.6 Å². The Labute approximate surface area is 212 Å². The number of Topliss-reactive ketones (excluding diaryl/α,β-unsaturated/α-hetero) is 1. The summed E-state index contributed by atoms with van der Waals surface area (Å²) in [5, 5.41) is 20.5. The third kappa shape index (κ3) is 5.62. The highest BCUT2D eigenvalue weighted by Crippen LogP contribution is 2.39. The number of nitrogens with one attached hydrogen (secondary N) is 1. The largest absolute Gasteiger partial charge is 0.481 e. The lowest BCUT2D eigenvalue weighted by atomic mass is 9.75. The molecular weight excluding hydrogens is 487 g/mol. The number of benzene rings is 2. The van der Waals surface area contributed by atoms with E-state index < -0.39 is 11.4 Å². The van der Waals surface area contributed by atoms with Crippen molar-refractivity contribution in [3.05, 3.63) is 70.8 Å². The minimum atomic E-state index is -1.13. The van der Waals surface area contributed by atoms with Crippen molar-refractivity contribution in [3.63, 3.8) is 0 Å². The molecule has 10 heteroatoms. The number of carbonyl (C=O) groups excluding carboxylic acids is 2. The molecule has 0 spiro atoms. The first-order chi connectivity index (χ1) is 17.2. The number of aliphatic carboxylic acids is 1. The molecule has 8 nitrogen and oxygen atoms in total. The molecule has 2 heterocycles. The van der Waals surface area contributed by atoms with Crippen LogP contribution >= 0.6 is 11.6 Å². The third-order valence-corrected chi connectivity index (χ3v) is 7.06. The number of likely N-dealkylation sites (tertiary alicyclic amines) is 1. The van der Waals surface area contributed by atoms with Crippen LogP contribution in [0, 0.1) is 17.2 Å². The number of halogens is 2. The first-order valence-electron chi connectivity index (χ1n) is 11.6. The van der Waals surface area contributed by atoms with E-state index >= 15 is 0 Å². The molecular formula is C26H26ClFN4O4. The summed E-state index contributed by atoms with van der Waals surface area (Å²) in [6.07, 6.45) is 2.39. The van der Waals surface area contributed by atoms with E-state index in [4.69, 9.17) is 11.6 Å². The molecule has 2 atom stereocenters. The van der Waals surface area contributed by atoms with Crippen LogP contribution in [0.2, 0.25) is 5.02 Å². The molecule has 1 fully saturated rings. The number of H-pyrrole nitrogens is 1. The number of carbonyl (C=O) groups is 3. The molecule has 4 rings (SSSR count). The average molecular weight is 513 g/mol. The summed E-state index contributed by atoms with van der Waals surface area (Å²) in [6.45, 7) is 1.90. The van der Waals surface area contributed by atoms with Crippen LogP contribution in [0.5, 0.6) is 0 Å². The van der Waals surface area contributed by atoms with Crippen molar-refractivity contribution in [2.75, 3.05) is 13.1 Å². The number of hydrogen-bond donors (Lipinski definition) is 2. The summed E-state index contributed by atoms with van der Waals surface area (Å²) in [4.78, 5) is 38.6. The quantitative estimate of drug-likeness (QED) is 0.410. The molecule has 0 saturated carbocycles. The predicted molar refractivity (Wildman–Crippen MR) is 131 cm³/mol. The normalized spacial score (nSPS) is 18.2. The fourth-order valence-corrected chi connectivity index (χ4v) is 5.09. The maximum absolute atomic E-state index is 14.3. The summed E-state index contributed by atoms with van der Waals surface area (Å²) in [7, 11) is 0. The van der Waals surface area contributed by atoms with Crippen LogP contribution in [-0.4, -0.2) is 56.2 Å². The summed E-state index contributed by atoms with van der Waals surface area (Å²) >= 11 is 6.02. The van der Waals surface area contributed by atoms with Gasteiger partial charge in [0.25, 0.3) is 0 Å². The van der Waals surface area contributed by atoms with Crippen molar-refractivity contribution in [1.29, 1.82) is 0 Å². The van der Waals surface area contributed by atoms with E-state index in [1.54, 1.807) is 23.1 Å². The van der Waals surface area contributed by atoms with Gasteiger partial charge in [-0.1, -0.05) is 35.9 Å². The van der Waals surface area contributed by atoms with Gasteiger partial charge >= 0.3 is 5.97 Å². The van der Waals surface area contributed by atoms with Crippen molar-refractivity contribution in [1.82, 2.24) is 20.3 Å². The van der Waals surface area contributed by atoms with Gasteiger partial charge in [-0.25, -0.2) is 4.39 Å². The summed E-state index contributed by atoms with van der Waals surface area (Å²) < 4.78 is 14.3. The number of carboxylic acid groups (broad SMARTS) is 1. The van der Waals surface area contributed by atoms with Crippen LogP contribution in [0.3, 0.4) is 0 Å². The number of aromatic amines is 1. The highest BCUT2D eigenvalue weighted by atomic mass is 35.5. The van der Waals surface area contributed by atoms with Crippen molar-refractivity contribution in [2.24, 2.45) is 11.3 Å². The number of nitrogens with zero attached hydrogens (tertiary/aromatic N) is 3. The van der Waals surface area contributed by atoms with E-state index in [0.29, 0.717) is 35.5 Å². The van der Waals surface area contributed by atoms with Gasteiger partial charge in [0.1, 0.15) is 11.5 Å². The van der Waals surface area contributed by atoms with E-state index in [2.05, 4.69) is 15.4 Å². The minimum Gasteiger partial charge on any atom is -0.481 e. The minimum absolute atomic E-state index is 0.0757. The van der Waals surface area contributed by atoms with E-state index in [0.717, 1.165) is 5.56 Å². The highest BCUT2D eigenvalue weighted by Gasteiger charge is 2.47. The van der Waals surface area contributed by atoms with Crippen LogP contribution in [0.15, 0.2) is 48.7 Å². The standard InChI is InChI=1S/C26H26ClFN4O4/c1-16(33)32-9-8-26(15-32,25(35)36)13-18(11-24(34)23-14-29-31-30-23)10-17-2-4-19(5-3-17)21-12-20(27)6-7-22(21)28/h2-7,12,14,18H,8-11,13,15H2,1H3,(H,35,36)(H,29,30,31)/t18-,26?/m0/s1. The molecule has 2 aromatic carbocycles. The lowest BCUT2D eigenvalue weighted by Gasteiger charge is -2.29. The molecule has 0 radical (unpaired) electrons. The average Bonchev–Trinajstić information content (AvgIpc) is 3.53. The van der Waals surface area contributed by atoms with E-state index in [1.165, 1.54) is 25.3 Å². The van der Waals surface area contributed by atoms with Crippen LogP contribution in [0.1, 0.15) is 42.2 Å². The van der Waals surface area contributed by atoms with Gasteiger partial charge in [0.15, 0.2) is 5.78 Å². The number of aromatic nitrogens is 3. The van der Waals surface area contributed by atoms with Gasteiger partial charge in [0, 0.05) is 37.0 Å². The molecule has 0 aliphatic carbocycles. The Hall–Kier alpha value is -3.59. The Kier molecular flexibility index (Phi) is 7.49. The van der Waals surface area contributed by atoms with Gasteiger partial charge in [0.2, 0.25) is 5.91 Å². The second-order valence-electron chi connectivity index (χ2n) is 9.35. The second-order valence-corrected chi connectivity index (χ2v) is 9.79. The van der Waals surface area contributed by atoms with Crippen molar-refractivity contribution in [2.45, 2.75) is 32.6 Å². The maximum Gasteiger partial charge on any atom is 0.311 e. The Morgan fingerprint density at radius 1 is 1.22 bits per heavy atom. The number of rotatable bonds is 9. The Morgan fingerprint density at radius 3 is 2.58 bits per heavy atom. The van der Waals surface area contributed by atoms with Crippen LogP contribution in [0.25, 0.3) is 11.1 Å². The Balaban J connectivity index is 1.58. The third-order valence-electron chi connectivity index (χ3n) is 6.82. The van der Waals surface area contributed by atoms with Crippen LogP contribution < -0.4 is 0 Å². The molecule has 0 bridgehead atoms. The van der Waals surface area contributed by atoms with Gasteiger partial charge in [-0.05, 0) is 54.5 Å². The fraction of sp³-hybridized carbons (Fsp3) is 0.346. The molecule has 1 unspecified atom stereocenters. The zero-order valence-electron chi connectivity index (χ0n) is 19.7. The first kappa shape index (κ1) is 25.5. The van der Waals surface area contributed by atoms with Gasteiger partial charge in [-0.3, -0.25) is 14.4 Å². The van der Waals surface area contributed by atoms with Crippen LogP contribution in [0.4, 0.5) is 4.39 Å². The number of hydrogen-bond acceptors (Lipinski definition) is 5. The molecule has 1 aliphatic rings. The highest BCUT2D eigenvalue weighted by molar-refractivity contribution is 6.30. The molecule has 188 valence electrons. The zero-order chi connectivity index (χ0) is 25.9. The summed E-state index contributed by atoms with van der Waals surface area (Å²) in [5.74, 6) is -2.10. The summed E-state index contributed by atoms with van der Waals surface area (Å²) in [5.41, 5.74) is 0.967. The maximum atomic E-state index is 14.3. The molecule has 36 heavy (non-hydrogen) atoms. The molecule has 1 aromatic heterocycles.